The lowest BCUT2D eigenvalue weighted by molar-refractivity contribution is -0.132. The second kappa shape index (κ2) is 8.45. The summed E-state index contributed by atoms with van der Waals surface area (Å²) < 4.78 is 5.25. The Labute approximate surface area is 154 Å². The van der Waals surface area contributed by atoms with Crippen LogP contribution < -0.4 is 10.6 Å². The van der Waals surface area contributed by atoms with Crippen LogP contribution in [0, 0.1) is 5.92 Å². The first kappa shape index (κ1) is 20.1. The molecule has 2 rings (SSSR count). The number of Topliss-reactive ketones (excluding diaryl/α,β-unsaturated/α-hetero) is 1. The van der Waals surface area contributed by atoms with Gasteiger partial charge in [0.25, 0.3) is 0 Å². The number of carbonyl (C=O) groups excluding carboxylic acids is 3. The standard InChI is InChI=1S/C20H28N2O4/c1-13(2)10-16(18(24)20(4)12-26-20)22-19(25)17(21-14(3)23)11-15-8-6-5-7-9-15/h5-9,13,16-17H,10-12H2,1-4H3,(H,21,23)(H,22,25)/t16-,17-,20+/m0/s1. The Morgan fingerprint density at radius 2 is 1.73 bits per heavy atom. The van der Waals surface area contributed by atoms with Gasteiger partial charge < -0.3 is 15.4 Å². The Morgan fingerprint density at radius 1 is 1.12 bits per heavy atom. The van der Waals surface area contributed by atoms with Crippen molar-refractivity contribution in [2.24, 2.45) is 5.92 Å². The molecular weight excluding hydrogens is 332 g/mol. The van der Waals surface area contributed by atoms with Crippen molar-refractivity contribution < 1.29 is 19.1 Å². The molecule has 3 atom stereocenters. The molecule has 0 saturated carbocycles. The van der Waals surface area contributed by atoms with Crippen LogP contribution in [0.1, 0.15) is 39.7 Å². The van der Waals surface area contributed by atoms with E-state index in [-0.39, 0.29) is 23.5 Å². The van der Waals surface area contributed by atoms with Crippen molar-refractivity contribution in [2.75, 3.05) is 6.61 Å². The molecule has 1 aromatic carbocycles. The number of benzene rings is 1. The molecule has 0 aliphatic carbocycles. The molecule has 0 spiro atoms. The smallest absolute Gasteiger partial charge is 0.243 e. The number of hydrogen-bond acceptors (Lipinski definition) is 4. The van der Waals surface area contributed by atoms with Gasteiger partial charge in [-0.05, 0) is 24.8 Å². The third-order valence-corrected chi connectivity index (χ3v) is 4.42. The van der Waals surface area contributed by atoms with Gasteiger partial charge in [-0.3, -0.25) is 14.4 Å². The van der Waals surface area contributed by atoms with E-state index in [1.807, 2.05) is 44.2 Å². The minimum atomic E-state index is -0.796. The van der Waals surface area contributed by atoms with E-state index in [4.69, 9.17) is 4.74 Å². The number of ether oxygens (including phenoxy) is 1. The first-order valence-corrected chi connectivity index (χ1v) is 9.01. The molecule has 1 heterocycles. The molecule has 142 valence electrons. The second-order valence-corrected chi connectivity index (χ2v) is 7.52. The van der Waals surface area contributed by atoms with Crippen LogP contribution in [0.25, 0.3) is 0 Å². The Kier molecular flexibility index (Phi) is 6.53. The highest BCUT2D eigenvalue weighted by Gasteiger charge is 2.50. The number of ketones is 1. The van der Waals surface area contributed by atoms with Gasteiger partial charge in [0.05, 0.1) is 12.6 Å². The minimum absolute atomic E-state index is 0.110. The zero-order valence-corrected chi connectivity index (χ0v) is 15.9. The largest absolute Gasteiger partial charge is 0.361 e. The van der Waals surface area contributed by atoms with E-state index in [9.17, 15) is 14.4 Å². The number of epoxide rings is 1. The van der Waals surface area contributed by atoms with E-state index in [0.717, 1.165) is 5.56 Å². The van der Waals surface area contributed by atoms with Crippen LogP contribution in [0.2, 0.25) is 0 Å². The SMILES string of the molecule is CC(=O)N[C@@H](Cc1ccccc1)C(=O)N[C@@H](CC(C)C)C(=O)[C@@]1(C)CO1. The summed E-state index contributed by atoms with van der Waals surface area (Å²) >= 11 is 0. The van der Waals surface area contributed by atoms with Gasteiger partial charge in [0.1, 0.15) is 11.6 Å². The van der Waals surface area contributed by atoms with Crippen LogP contribution in [-0.2, 0) is 25.5 Å². The van der Waals surface area contributed by atoms with E-state index < -0.39 is 17.7 Å². The predicted octanol–water partition coefficient (Wildman–Crippen LogP) is 1.62. The fraction of sp³-hybridized carbons (Fsp3) is 0.550. The lowest BCUT2D eigenvalue weighted by atomic mass is 9.93. The average molecular weight is 360 g/mol. The van der Waals surface area contributed by atoms with Gasteiger partial charge in [-0.15, -0.1) is 0 Å². The fourth-order valence-electron chi connectivity index (χ4n) is 2.90. The van der Waals surface area contributed by atoms with Crippen LogP contribution >= 0.6 is 0 Å². The van der Waals surface area contributed by atoms with Crippen molar-refractivity contribution in [2.45, 2.75) is 58.2 Å². The topological polar surface area (TPSA) is 87.8 Å². The van der Waals surface area contributed by atoms with Crippen LogP contribution in [0.15, 0.2) is 30.3 Å². The highest BCUT2D eigenvalue weighted by atomic mass is 16.6. The van der Waals surface area contributed by atoms with Gasteiger partial charge in [-0.25, -0.2) is 0 Å². The Morgan fingerprint density at radius 3 is 2.23 bits per heavy atom. The fourth-order valence-corrected chi connectivity index (χ4v) is 2.90. The first-order chi connectivity index (χ1) is 12.2. The van der Waals surface area contributed by atoms with Gasteiger partial charge >= 0.3 is 0 Å². The van der Waals surface area contributed by atoms with Crippen molar-refractivity contribution in [3.8, 4) is 0 Å². The zero-order chi connectivity index (χ0) is 19.3. The van der Waals surface area contributed by atoms with Gasteiger partial charge in [0.15, 0.2) is 5.78 Å². The maximum Gasteiger partial charge on any atom is 0.243 e. The Balaban J connectivity index is 2.11. The Hall–Kier alpha value is -2.21. The lowest BCUT2D eigenvalue weighted by Crippen LogP contribution is -2.54. The van der Waals surface area contributed by atoms with Crippen LogP contribution in [-0.4, -0.2) is 41.9 Å². The molecule has 6 heteroatoms. The summed E-state index contributed by atoms with van der Waals surface area (Å²) in [6.07, 6.45) is 0.893. The van der Waals surface area contributed by atoms with Gasteiger partial charge in [-0.2, -0.15) is 0 Å². The maximum atomic E-state index is 12.8. The number of rotatable bonds is 9. The van der Waals surface area contributed by atoms with Crippen molar-refractivity contribution in [3.63, 3.8) is 0 Å². The van der Waals surface area contributed by atoms with Gasteiger partial charge in [0.2, 0.25) is 11.8 Å². The van der Waals surface area contributed by atoms with E-state index >= 15 is 0 Å². The molecular formula is C20H28N2O4. The van der Waals surface area contributed by atoms with Crippen molar-refractivity contribution in [1.82, 2.24) is 10.6 Å². The molecule has 1 aliphatic rings. The molecule has 1 aromatic rings. The summed E-state index contributed by atoms with van der Waals surface area (Å²) in [5.74, 6) is -0.515. The van der Waals surface area contributed by atoms with Crippen molar-refractivity contribution in [1.29, 1.82) is 0 Å². The van der Waals surface area contributed by atoms with Crippen molar-refractivity contribution in [3.05, 3.63) is 35.9 Å². The molecule has 26 heavy (non-hydrogen) atoms. The normalized spacial score (nSPS) is 21.0. The molecule has 2 amide bonds. The Bertz CT molecular complexity index is 653. The minimum Gasteiger partial charge on any atom is -0.361 e. The average Bonchev–Trinajstić information content (AvgIpc) is 3.32. The number of hydrogen-bond donors (Lipinski definition) is 2. The maximum absolute atomic E-state index is 12.8. The molecule has 1 aliphatic heterocycles. The molecule has 2 N–H and O–H groups in total. The monoisotopic (exact) mass is 360 g/mol. The highest BCUT2D eigenvalue weighted by molar-refractivity contribution is 5.97. The third kappa shape index (κ3) is 5.66. The summed E-state index contributed by atoms with van der Waals surface area (Å²) in [4.78, 5) is 37.0. The van der Waals surface area contributed by atoms with E-state index in [2.05, 4.69) is 10.6 Å². The van der Waals surface area contributed by atoms with Crippen LogP contribution in [0.3, 0.4) is 0 Å². The number of amides is 2. The zero-order valence-electron chi connectivity index (χ0n) is 15.9. The summed E-state index contributed by atoms with van der Waals surface area (Å²) in [6, 6.07) is 8.11. The van der Waals surface area contributed by atoms with E-state index in [1.54, 1.807) is 6.92 Å². The summed E-state index contributed by atoms with van der Waals surface area (Å²) in [5.41, 5.74) is 0.140. The summed E-state index contributed by atoms with van der Waals surface area (Å²) in [5, 5.41) is 5.52. The molecule has 0 bridgehead atoms. The quantitative estimate of drug-likeness (QED) is 0.655. The van der Waals surface area contributed by atoms with Gasteiger partial charge in [0, 0.05) is 13.3 Å². The number of carbonyl (C=O) groups is 3. The molecule has 0 aromatic heterocycles. The molecule has 0 unspecified atom stereocenters. The third-order valence-electron chi connectivity index (χ3n) is 4.42. The molecule has 6 nitrogen and oxygen atoms in total. The lowest BCUT2D eigenvalue weighted by Gasteiger charge is -2.25. The van der Waals surface area contributed by atoms with E-state index in [1.165, 1.54) is 6.92 Å². The molecule has 1 saturated heterocycles. The molecule has 1 fully saturated rings. The summed E-state index contributed by atoms with van der Waals surface area (Å²) in [7, 11) is 0. The van der Waals surface area contributed by atoms with E-state index in [0.29, 0.717) is 19.4 Å². The van der Waals surface area contributed by atoms with Gasteiger partial charge in [-0.1, -0.05) is 44.2 Å². The van der Waals surface area contributed by atoms with Crippen molar-refractivity contribution >= 4 is 17.6 Å². The summed E-state index contributed by atoms with van der Waals surface area (Å²) in [6.45, 7) is 7.50. The second-order valence-electron chi connectivity index (χ2n) is 7.52. The van der Waals surface area contributed by atoms with Crippen LogP contribution in [0.4, 0.5) is 0 Å². The highest BCUT2D eigenvalue weighted by Crippen LogP contribution is 2.29. The van der Waals surface area contributed by atoms with Crippen LogP contribution in [0.5, 0.6) is 0 Å². The predicted molar refractivity (Wildman–Crippen MR) is 98.5 cm³/mol. The number of nitrogens with one attached hydrogen (secondary N) is 2. The first-order valence-electron chi connectivity index (χ1n) is 9.01. The molecule has 0 radical (unpaired) electrons.